The fourth-order valence-corrected chi connectivity index (χ4v) is 3.86. The Morgan fingerprint density at radius 1 is 1.11 bits per heavy atom. The summed E-state index contributed by atoms with van der Waals surface area (Å²) in [7, 11) is 1.55. The highest BCUT2D eigenvalue weighted by Crippen LogP contribution is 2.37. The summed E-state index contributed by atoms with van der Waals surface area (Å²) in [6.07, 6.45) is 1.44. The summed E-state index contributed by atoms with van der Waals surface area (Å²) in [5, 5.41) is 16.0. The van der Waals surface area contributed by atoms with Gasteiger partial charge >= 0.3 is 0 Å². The van der Waals surface area contributed by atoms with Gasteiger partial charge in [0.25, 0.3) is 5.91 Å². The monoisotopic (exact) mass is 578 g/mol. The first-order chi connectivity index (χ1) is 18.4. The molecule has 0 heterocycles. The van der Waals surface area contributed by atoms with Gasteiger partial charge in [0.2, 0.25) is 5.91 Å². The second kappa shape index (κ2) is 13.8. The van der Waals surface area contributed by atoms with Crippen molar-refractivity contribution < 1.29 is 23.8 Å². The molecule has 9 nitrogen and oxygen atoms in total. The maximum Gasteiger partial charge on any atom is 0.252 e. The molecule has 0 radical (unpaired) electrons. The number of benzene rings is 3. The number of carbonyl (C=O) groups excluding carboxylic acids is 2. The molecule has 38 heavy (non-hydrogen) atoms. The van der Waals surface area contributed by atoms with Crippen molar-refractivity contribution in [2.45, 2.75) is 20.5 Å². The number of nitriles is 1. The predicted octanol–water partition coefficient (Wildman–Crippen LogP) is 5.03. The van der Waals surface area contributed by atoms with Crippen LogP contribution in [0.5, 0.6) is 17.2 Å². The topological polar surface area (TPSA) is 122 Å². The first-order valence-corrected chi connectivity index (χ1v) is 12.5. The molecule has 1 unspecified atom stereocenters. The normalized spacial score (nSPS) is 11.3. The molecule has 0 saturated carbocycles. The van der Waals surface area contributed by atoms with E-state index in [0.29, 0.717) is 45.1 Å². The van der Waals surface area contributed by atoms with Crippen LogP contribution in [0.2, 0.25) is 0 Å². The number of ether oxygens (including phenoxy) is 3. The third-order valence-corrected chi connectivity index (χ3v) is 5.96. The summed E-state index contributed by atoms with van der Waals surface area (Å²) in [6, 6.07) is 19.6. The highest BCUT2D eigenvalue weighted by Gasteiger charge is 2.21. The molecule has 10 heteroatoms. The molecule has 0 aromatic heterocycles. The number of methoxy groups -OCH3 is 1. The van der Waals surface area contributed by atoms with Crippen LogP contribution < -0.4 is 25.0 Å². The van der Waals surface area contributed by atoms with Crippen LogP contribution >= 0.6 is 15.9 Å². The highest BCUT2D eigenvalue weighted by atomic mass is 79.9. The maximum atomic E-state index is 12.4. The number of hydrogen-bond acceptors (Lipinski definition) is 7. The highest BCUT2D eigenvalue weighted by molar-refractivity contribution is 9.10. The van der Waals surface area contributed by atoms with Crippen LogP contribution in [0.4, 0.5) is 5.69 Å². The van der Waals surface area contributed by atoms with E-state index in [1.165, 1.54) is 13.1 Å². The Bertz CT molecular complexity index is 1350. The van der Waals surface area contributed by atoms with Crippen LogP contribution in [0.3, 0.4) is 0 Å². The standard InChI is InChI=1S/C28H27BrN4O5/c1-4-37-25-14-19(13-24(29)26(25)38-17-21-8-6-5-7-20(21)15-30)16-31-33-28(35)18(2)27(34)32-22-9-11-23(36-3)12-10-22/h5-14,16,18H,4,17H2,1-3H3,(H,32,34)(H,33,35). The molecule has 2 N–H and O–H groups in total. The van der Waals surface area contributed by atoms with Crippen LogP contribution in [0.1, 0.15) is 30.5 Å². The lowest BCUT2D eigenvalue weighted by molar-refractivity contribution is -0.131. The average molecular weight is 579 g/mol. The van der Waals surface area contributed by atoms with E-state index in [-0.39, 0.29) is 6.61 Å². The SMILES string of the molecule is CCOc1cc(C=NNC(=O)C(C)C(=O)Nc2ccc(OC)cc2)cc(Br)c1OCc1ccccc1C#N. The first kappa shape index (κ1) is 28.2. The van der Waals surface area contributed by atoms with Gasteiger partial charge in [-0.05, 0) is 77.8 Å². The largest absolute Gasteiger partial charge is 0.497 e. The van der Waals surface area contributed by atoms with E-state index in [1.54, 1.807) is 55.6 Å². The lowest BCUT2D eigenvalue weighted by Crippen LogP contribution is -2.34. The molecule has 3 aromatic rings. The van der Waals surface area contributed by atoms with Crippen molar-refractivity contribution in [2.75, 3.05) is 19.0 Å². The minimum atomic E-state index is -0.980. The van der Waals surface area contributed by atoms with Crippen LogP contribution in [0.15, 0.2) is 70.2 Å². The summed E-state index contributed by atoms with van der Waals surface area (Å²) in [6.45, 7) is 3.92. The summed E-state index contributed by atoms with van der Waals surface area (Å²) in [5.41, 5.74) is 4.85. The van der Waals surface area contributed by atoms with E-state index < -0.39 is 17.7 Å². The van der Waals surface area contributed by atoms with Crippen LogP contribution in [-0.2, 0) is 16.2 Å². The second-order valence-electron chi connectivity index (χ2n) is 7.99. The number of nitrogens with one attached hydrogen (secondary N) is 2. The summed E-state index contributed by atoms with van der Waals surface area (Å²) in [5.74, 6) is -0.407. The van der Waals surface area contributed by atoms with Crippen molar-refractivity contribution in [1.29, 1.82) is 5.26 Å². The molecule has 0 bridgehead atoms. The Morgan fingerprint density at radius 3 is 2.53 bits per heavy atom. The van der Waals surface area contributed by atoms with Crippen LogP contribution in [0, 0.1) is 17.2 Å². The third-order valence-electron chi connectivity index (χ3n) is 5.37. The molecule has 0 aliphatic rings. The lowest BCUT2D eigenvalue weighted by Gasteiger charge is -2.15. The molecule has 0 aliphatic heterocycles. The van der Waals surface area contributed by atoms with Gasteiger partial charge < -0.3 is 19.5 Å². The van der Waals surface area contributed by atoms with E-state index in [2.05, 4.69) is 37.8 Å². The molecule has 0 saturated heterocycles. The van der Waals surface area contributed by atoms with Gasteiger partial charge in [0, 0.05) is 11.3 Å². The number of amides is 2. The fraction of sp³-hybridized carbons (Fsp3) is 0.214. The average Bonchev–Trinajstić information content (AvgIpc) is 2.92. The van der Waals surface area contributed by atoms with Crippen molar-refractivity contribution >= 4 is 39.6 Å². The van der Waals surface area contributed by atoms with Crippen LogP contribution in [0.25, 0.3) is 0 Å². The fourth-order valence-electron chi connectivity index (χ4n) is 3.28. The molecule has 0 aliphatic carbocycles. The van der Waals surface area contributed by atoms with Crippen LogP contribution in [-0.4, -0.2) is 31.7 Å². The van der Waals surface area contributed by atoms with Gasteiger partial charge in [0.15, 0.2) is 11.5 Å². The Kier molecular flexibility index (Phi) is 10.3. The number of carbonyl (C=O) groups is 2. The number of anilines is 1. The molecular weight excluding hydrogens is 552 g/mol. The molecule has 3 aromatic carbocycles. The summed E-state index contributed by atoms with van der Waals surface area (Å²) in [4.78, 5) is 24.9. The van der Waals surface area contributed by atoms with E-state index >= 15 is 0 Å². The van der Waals surface area contributed by atoms with Gasteiger partial charge in [-0.1, -0.05) is 18.2 Å². The number of rotatable bonds is 11. The van der Waals surface area contributed by atoms with Crippen molar-refractivity contribution in [3.8, 4) is 23.3 Å². The molecule has 196 valence electrons. The minimum absolute atomic E-state index is 0.183. The molecule has 0 fully saturated rings. The second-order valence-corrected chi connectivity index (χ2v) is 8.85. The molecule has 0 spiro atoms. The Morgan fingerprint density at radius 2 is 1.84 bits per heavy atom. The Hall–Kier alpha value is -4.36. The quantitative estimate of drug-likeness (QED) is 0.187. The van der Waals surface area contributed by atoms with E-state index in [0.717, 1.165) is 5.56 Å². The van der Waals surface area contributed by atoms with Crippen molar-refractivity contribution in [1.82, 2.24) is 5.43 Å². The number of hydrazone groups is 1. The maximum absolute atomic E-state index is 12.4. The lowest BCUT2D eigenvalue weighted by atomic mass is 10.1. The molecule has 2 amide bonds. The summed E-state index contributed by atoms with van der Waals surface area (Å²) >= 11 is 3.50. The number of hydrogen-bond donors (Lipinski definition) is 2. The molecular formula is C28H27BrN4O5. The first-order valence-electron chi connectivity index (χ1n) is 11.7. The Labute approximate surface area is 229 Å². The zero-order valence-electron chi connectivity index (χ0n) is 21.2. The number of nitrogens with zero attached hydrogens (tertiary/aromatic N) is 2. The van der Waals surface area contributed by atoms with Gasteiger partial charge in [-0.2, -0.15) is 10.4 Å². The van der Waals surface area contributed by atoms with Gasteiger partial charge in [-0.15, -0.1) is 0 Å². The molecule has 1 atom stereocenters. The smallest absolute Gasteiger partial charge is 0.252 e. The summed E-state index contributed by atoms with van der Waals surface area (Å²) < 4.78 is 17.4. The zero-order chi connectivity index (χ0) is 27.5. The van der Waals surface area contributed by atoms with E-state index in [1.807, 2.05) is 19.1 Å². The van der Waals surface area contributed by atoms with E-state index in [9.17, 15) is 14.9 Å². The van der Waals surface area contributed by atoms with Gasteiger partial charge in [-0.3, -0.25) is 9.59 Å². The van der Waals surface area contributed by atoms with Gasteiger partial charge in [-0.25, -0.2) is 5.43 Å². The van der Waals surface area contributed by atoms with Gasteiger partial charge in [0.05, 0.1) is 36.0 Å². The number of halogens is 1. The van der Waals surface area contributed by atoms with Crippen molar-refractivity contribution in [2.24, 2.45) is 11.0 Å². The Balaban J connectivity index is 1.64. The van der Waals surface area contributed by atoms with E-state index in [4.69, 9.17) is 14.2 Å². The zero-order valence-corrected chi connectivity index (χ0v) is 22.7. The minimum Gasteiger partial charge on any atom is -0.497 e. The van der Waals surface area contributed by atoms with Crippen molar-refractivity contribution in [3.05, 3.63) is 81.8 Å². The predicted molar refractivity (Wildman–Crippen MR) is 147 cm³/mol. The molecule has 3 rings (SSSR count). The van der Waals surface area contributed by atoms with Gasteiger partial charge in [0.1, 0.15) is 18.3 Å². The van der Waals surface area contributed by atoms with Crippen molar-refractivity contribution in [3.63, 3.8) is 0 Å². The third kappa shape index (κ3) is 7.57.